The number of rotatable bonds is 12. The lowest BCUT2D eigenvalue weighted by Crippen LogP contribution is -2.57. The summed E-state index contributed by atoms with van der Waals surface area (Å²) in [5, 5.41) is 13.7. The van der Waals surface area contributed by atoms with E-state index in [1.165, 1.54) is 10.7 Å². The minimum atomic E-state index is -2.86. The summed E-state index contributed by atoms with van der Waals surface area (Å²) >= 11 is 0. The summed E-state index contributed by atoms with van der Waals surface area (Å²) in [5.74, 6) is -0.0643. The highest BCUT2D eigenvalue weighted by atomic mass is 19.3. The van der Waals surface area contributed by atoms with E-state index in [1.54, 1.807) is 33.3 Å². The summed E-state index contributed by atoms with van der Waals surface area (Å²) in [7, 11) is 1.75. The molecule has 4 aromatic heterocycles. The number of hydrogen-bond donors (Lipinski definition) is 2. The zero-order chi connectivity index (χ0) is 46.0. The number of carbonyl (C=O) groups excluding carboxylic acids is 3. The molecule has 20 heteroatoms. The first-order chi connectivity index (χ1) is 32.5. The summed E-state index contributed by atoms with van der Waals surface area (Å²) in [5.41, 5.74) is 2.32. The van der Waals surface area contributed by atoms with Crippen molar-refractivity contribution in [1.29, 1.82) is 0 Å². The van der Waals surface area contributed by atoms with Crippen molar-refractivity contribution in [2.24, 2.45) is 13.0 Å². The Labute approximate surface area is 385 Å². The Bertz CT molecular complexity index is 2750. The molecule has 5 aromatic rings. The molecule has 18 nitrogen and oxygen atoms in total. The van der Waals surface area contributed by atoms with Gasteiger partial charge in [0.2, 0.25) is 11.8 Å². The fourth-order valence-electron chi connectivity index (χ4n) is 11.9. The van der Waals surface area contributed by atoms with Gasteiger partial charge in [0.1, 0.15) is 17.4 Å². The summed E-state index contributed by atoms with van der Waals surface area (Å²) < 4.78 is 47.3. The SMILES string of the molecule is Cn1c(=O)n(C2CCC(=O)NC2=O)c2cccc(CCCN3CCOC4(CCN(CC5CCC(n6cc(NC(=O)c7cnn8ccc(N9C[C@H]%10C[C@@H]9CO%10)nc78)c(C(F)F)n6)CC5)CC4)C3)c21. The van der Waals surface area contributed by atoms with Gasteiger partial charge in [-0.15, -0.1) is 0 Å². The van der Waals surface area contributed by atoms with E-state index in [9.17, 15) is 28.0 Å². The van der Waals surface area contributed by atoms with Crippen molar-refractivity contribution in [3.8, 4) is 0 Å². The molecule has 1 saturated carbocycles. The number of para-hydroxylation sites is 1. The number of anilines is 2. The molecule has 1 aromatic carbocycles. The lowest BCUT2D eigenvalue weighted by atomic mass is 9.84. The molecule has 9 heterocycles. The van der Waals surface area contributed by atoms with Gasteiger partial charge in [-0.05, 0) is 94.4 Å². The molecule has 11 rings (SSSR count). The van der Waals surface area contributed by atoms with Gasteiger partial charge in [-0.25, -0.2) is 23.1 Å². The summed E-state index contributed by atoms with van der Waals surface area (Å²) in [6, 6.07) is 7.26. The highest BCUT2D eigenvalue weighted by Gasteiger charge is 2.42. The van der Waals surface area contributed by atoms with Gasteiger partial charge < -0.3 is 24.6 Å². The van der Waals surface area contributed by atoms with Crippen molar-refractivity contribution in [3.63, 3.8) is 0 Å². The van der Waals surface area contributed by atoms with Gasteiger partial charge in [0.15, 0.2) is 11.3 Å². The smallest absolute Gasteiger partial charge is 0.329 e. The number of benzene rings is 1. The van der Waals surface area contributed by atoms with E-state index in [1.807, 2.05) is 18.2 Å². The molecule has 2 bridgehead atoms. The number of aromatic nitrogens is 7. The fourth-order valence-corrected chi connectivity index (χ4v) is 11.9. The third kappa shape index (κ3) is 8.43. The van der Waals surface area contributed by atoms with E-state index < -0.39 is 30.0 Å². The number of morpholine rings is 2. The lowest BCUT2D eigenvalue weighted by molar-refractivity contribution is -0.137. The van der Waals surface area contributed by atoms with Crippen LogP contribution in [-0.2, 0) is 32.5 Å². The Hall–Kier alpha value is -5.57. The summed E-state index contributed by atoms with van der Waals surface area (Å²) in [6.45, 7) is 7.69. The van der Waals surface area contributed by atoms with Gasteiger partial charge in [0, 0.05) is 65.1 Å². The second-order valence-electron chi connectivity index (χ2n) is 19.6. The molecule has 1 aliphatic carbocycles. The maximum absolute atomic E-state index is 14.4. The van der Waals surface area contributed by atoms with Crippen LogP contribution in [0, 0.1) is 5.92 Å². The van der Waals surface area contributed by atoms with Gasteiger partial charge >= 0.3 is 5.69 Å². The Morgan fingerprint density at radius 2 is 1.87 bits per heavy atom. The van der Waals surface area contributed by atoms with E-state index in [0.717, 1.165) is 126 Å². The molecular weight excluding hydrogens is 867 g/mol. The van der Waals surface area contributed by atoms with Crippen LogP contribution in [0.1, 0.15) is 104 Å². The standard InChI is InChI=1S/C47H58F2N12O6/c1-55-41-30(4-2-6-36(41)61(46(55)65)37-11-12-39(62)53-45(37)64)5-3-16-57-20-21-67-47(28-57)14-18-56(19-15-47)24-29-7-9-31(10-8-29)60-26-35(40(54-60)42(48)49)51-44(63)34-23-50-59-17-13-38(52-43(34)59)58-25-33-22-32(58)27-66-33/h2,4,6,13,17,23,26,29,31-33,37,42H,3,5,7-12,14-16,18-22,24-25,27-28H2,1H3,(H,51,63)(H,53,62,64)/t29?,31?,32-,33-,37?/m1/s1. The first-order valence-corrected chi connectivity index (χ1v) is 24.0. The molecule has 3 atom stereocenters. The number of likely N-dealkylation sites (tertiary alicyclic amines) is 1. The predicted octanol–water partition coefficient (Wildman–Crippen LogP) is 4.26. The van der Waals surface area contributed by atoms with Crippen LogP contribution >= 0.6 is 0 Å². The van der Waals surface area contributed by atoms with Gasteiger partial charge in [-0.3, -0.25) is 38.4 Å². The lowest BCUT2D eigenvalue weighted by Gasteiger charge is -2.48. The van der Waals surface area contributed by atoms with Gasteiger partial charge in [0.05, 0.1) is 59.9 Å². The van der Waals surface area contributed by atoms with Crippen LogP contribution < -0.4 is 21.2 Å². The number of amides is 3. The zero-order valence-electron chi connectivity index (χ0n) is 37.8. The van der Waals surface area contributed by atoms with Crippen LogP contribution in [0.2, 0.25) is 0 Å². The number of fused-ring (bicyclic) bond motifs is 4. The van der Waals surface area contributed by atoms with E-state index in [2.05, 4.69) is 41.6 Å². The maximum atomic E-state index is 14.4. The van der Waals surface area contributed by atoms with Crippen LogP contribution in [0.4, 0.5) is 20.3 Å². The van der Waals surface area contributed by atoms with Gasteiger partial charge in [-0.1, -0.05) is 12.1 Å². The number of ether oxygens (including phenoxy) is 2. The summed E-state index contributed by atoms with van der Waals surface area (Å²) in [4.78, 5) is 63.5. The number of carbonyl (C=O) groups is 3. The van der Waals surface area contributed by atoms with Crippen LogP contribution in [-0.4, -0.2) is 138 Å². The molecule has 67 heavy (non-hydrogen) atoms. The van der Waals surface area contributed by atoms with Crippen molar-refractivity contribution in [2.75, 3.05) is 69.2 Å². The largest absolute Gasteiger partial charge is 0.374 e. The molecule has 6 fully saturated rings. The molecule has 0 radical (unpaired) electrons. The molecule has 356 valence electrons. The Balaban J connectivity index is 0.656. The zero-order valence-corrected chi connectivity index (χ0v) is 37.8. The fraction of sp³-hybridized carbons (Fsp3) is 0.596. The van der Waals surface area contributed by atoms with E-state index >= 15 is 0 Å². The van der Waals surface area contributed by atoms with E-state index in [4.69, 9.17) is 14.5 Å². The van der Waals surface area contributed by atoms with Crippen molar-refractivity contribution in [3.05, 3.63) is 70.2 Å². The molecule has 5 saturated heterocycles. The van der Waals surface area contributed by atoms with Crippen molar-refractivity contribution < 1.29 is 32.6 Å². The molecule has 1 spiro atoms. The minimum absolute atomic E-state index is 0.00217. The van der Waals surface area contributed by atoms with Crippen LogP contribution in [0.3, 0.4) is 0 Å². The predicted molar refractivity (Wildman–Crippen MR) is 242 cm³/mol. The number of imidazole rings is 1. The Morgan fingerprint density at radius 3 is 2.63 bits per heavy atom. The number of alkyl halides is 2. The monoisotopic (exact) mass is 924 g/mol. The van der Waals surface area contributed by atoms with Gasteiger partial charge in [0.25, 0.3) is 12.3 Å². The number of aryl methyl sites for hydroxylation is 2. The van der Waals surface area contributed by atoms with Crippen LogP contribution in [0.5, 0.6) is 0 Å². The van der Waals surface area contributed by atoms with Gasteiger partial charge in [-0.2, -0.15) is 10.2 Å². The molecule has 3 amide bonds. The molecule has 6 aliphatic rings. The number of nitrogens with zero attached hydrogens (tertiary/aromatic N) is 10. The molecular formula is C47H58F2N12O6. The number of imide groups is 1. The normalized spacial score (nSPS) is 25.9. The highest BCUT2D eigenvalue weighted by Crippen LogP contribution is 2.38. The van der Waals surface area contributed by atoms with E-state index in [0.29, 0.717) is 31.2 Å². The Morgan fingerprint density at radius 1 is 1.03 bits per heavy atom. The topological polar surface area (TPSA) is 178 Å². The third-order valence-corrected chi connectivity index (χ3v) is 15.4. The minimum Gasteiger partial charge on any atom is -0.374 e. The number of halogens is 2. The molecule has 2 N–H and O–H groups in total. The summed E-state index contributed by atoms with van der Waals surface area (Å²) in [6.07, 6.45) is 10.7. The number of hydrogen-bond acceptors (Lipinski definition) is 12. The number of nitrogens with one attached hydrogen (secondary N) is 2. The first kappa shape index (κ1) is 44.0. The van der Waals surface area contributed by atoms with E-state index in [-0.39, 0.29) is 53.1 Å². The molecule has 1 unspecified atom stereocenters. The second-order valence-corrected chi connectivity index (χ2v) is 19.6. The van der Waals surface area contributed by atoms with Crippen LogP contribution in [0.15, 0.2) is 47.7 Å². The Kier molecular flexibility index (Phi) is 11.7. The average molecular weight is 925 g/mol. The van der Waals surface area contributed by atoms with Crippen LogP contribution in [0.25, 0.3) is 16.7 Å². The van der Waals surface area contributed by atoms with Crippen molar-refractivity contribution in [1.82, 2.24) is 48.6 Å². The first-order valence-electron chi connectivity index (χ1n) is 24.0. The third-order valence-electron chi connectivity index (χ3n) is 15.4. The quantitative estimate of drug-likeness (QED) is 0.170. The maximum Gasteiger partial charge on any atom is 0.329 e. The molecule has 5 aliphatic heterocycles. The van der Waals surface area contributed by atoms with Crippen molar-refractivity contribution in [2.45, 2.75) is 107 Å². The number of piperidine rings is 2. The second kappa shape index (κ2) is 17.8. The van der Waals surface area contributed by atoms with Crippen molar-refractivity contribution >= 4 is 45.9 Å². The highest BCUT2D eigenvalue weighted by molar-refractivity contribution is 6.08. The average Bonchev–Trinajstić information content (AvgIpc) is 4.18.